The minimum atomic E-state index is -0.264. The van der Waals surface area contributed by atoms with Gasteiger partial charge in [-0.15, -0.1) is 0 Å². The quantitative estimate of drug-likeness (QED) is 0.162. The van der Waals surface area contributed by atoms with Crippen LogP contribution in [-0.4, -0.2) is 0 Å². The molecule has 0 bridgehead atoms. The highest BCUT2D eigenvalue weighted by molar-refractivity contribution is 5.95. The zero-order valence-corrected chi connectivity index (χ0v) is 29.2. The first-order valence-electron chi connectivity index (χ1n) is 17.7. The molecular formula is C51H40. The van der Waals surface area contributed by atoms with Crippen LogP contribution in [0.15, 0.2) is 195 Å². The number of benzene rings is 7. The molecule has 0 amide bonds. The van der Waals surface area contributed by atoms with Crippen molar-refractivity contribution in [3.8, 4) is 44.5 Å². The average Bonchev–Trinajstić information content (AvgIpc) is 3.65. The topological polar surface area (TPSA) is 0 Å². The van der Waals surface area contributed by atoms with Gasteiger partial charge in [0, 0.05) is 0 Å². The summed E-state index contributed by atoms with van der Waals surface area (Å²) in [6.07, 6.45) is 5.62. The molecule has 0 saturated heterocycles. The molecule has 2 aliphatic rings. The fraction of sp³-hybridized carbons (Fsp3) is 0.0588. The van der Waals surface area contributed by atoms with Gasteiger partial charge in [0.05, 0.1) is 5.41 Å². The fourth-order valence-electron chi connectivity index (χ4n) is 8.13. The highest BCUT2D eigenvalue weighted by Crippen LogP contribution is 2.62. The van der Waals surface area contributed by atoms with Crippen LogP contribution in [-0.2, 0) is 5.41 Å². The molecule has 1 spiro atoms. The van der Waals surface area contributed by atoms with E-state index in [0.29, 0.717) is 0 Å². The molecule has 7 aromatic rings. The summed E-state index contributed by atoms with van der Waals surface area (Å²) in [5, 5.41) is 0. The summed E-state index contributed by atoms with van der Waals surface area (Å²) in [4.78, 5) is 0. The molecule has 244 valence electrons. The fourth-order valence-corrected chi connectivity index (χ4v) is 8.13. The Hall–Kier alpha value is -6.24. The molecule has 2 aliphatic carbocycles. The second-order valence-electron chi connectivity index (χ2n) is 13.5. The Morgan fingerprint density at radius 1 is 0.431 bits per heavy atom. The Labute approximate surface area is 302 Å². The largest absolute Gasteiger partial charge is 0.0990 e. The van der Waals surface area contributed by atoms with Gasteiger partial charge in [-0.05, 0) is 104 Å². The van der Waals surface area contributed by atoms with E-state index in [0.717, 1.165) is 11.1 Å². The van der Waals surface area contributed by atoms with Crippen molar-refractivity contribution in [2.75, 3.05) is 0 Å². The van der Waals surface area contributed by atoms with Crippen LogP contribution in [0, 0.1) is 13.8 Å². The molecule has 0 atom stereocenters. The van der Waals surface area contributed by atoms with Gasteiger partial charge < -0.3 is 0 Å². The molecule has 0 nitrogen and oxygen atoms in total. The molecule has 0 saturated carbocycles. The highest BCUT2D eigenvalue weighted by Gasteiger charge is 2.51. The normalized spacial score (nSPS) is 12.9. The summed E-state index contributed by atoms with van der Waals surface area (Å²) < 4.78 is 0. The molecule has 0 heterocycles. The number of allylic oxidation sites excluding steroid dienone is 4. The van der Waals surface area contributed by atoms with Gasteiger partial charge in [-0.2, -0.15) is 0 Å². The van der Waals surface area contributed by atoms with E-state index < -0.39 is 0 Å². The summed E-state index contributed by atoms with van der Waals surface area (Å²) in [5.41, 5.74) is 20.5. The van der Waals surface area contributed by atoms with E-state index in [1.54, 1.807) is 6.08 Å². The zero-order valence-electron chi connectivity index (χ0n) is 29.2. The van der Waals surface area contributed by atoms with Gasteiger partial charge in [-0.1, -0.05) is 194 Å². The van der Waals surface area contributed by atoms with E-state index in [9.17, 15) is 0 Å². The third-order valence-corrected chi connectivity index (χ3v) is 10.4. The summed E-state index contributed by atoms with van der Waals surface area (Å²) in [6, 6.07) is 59.9. The van der Waals surface area contributed by atoms with E-state index in [1.165, 1.54) is 77.9 Å². The maximum absolute atomic E-state index is 3.86. The van der Waals surface area contributed by atoms with Crippen LogP contribution in [0.1, 0.15) is 38.9 Å². The SMILES string of the molecule is C=C/C=C(\C=C)c1cccc(-c2cccc(C)c2)c1.Cc1ccc(-c2ccc3c(c2)C2(c4ccccc4-c4ccccc42)c2ccccc2-3)cc1. The minimum absolute atomic E-state index is 0.264. The Morgan fingerprint density at radius 2 is 0.941 bits per heavy atom. The van der Waals surface area contributed by atoms with Crippen LogP contribution in [0.3, 0.4) is 0 Å². The molecule has 0 fully saturated rings. The molecule has 0 heteroatoms. The summed E-state index contributed by atoms with van der Waals surface area (Å²) in [7, 11) is 0. The first-order chi connectivity index (χ1) is 25.0. The van der Waals surface area contributed by atoms with Crippen LogP contribution < -0.4 is 0 Å². The Balaban J connectivity index is 0.000000169. The summed E-state index contributed by atoms with van der Waals surface area (Å²) in [6.45, 7) is 11.9. The molecule has 51 heavy (non-hydrogen) atoms. The third-order valence-electron chi connectivity index (χ3n) is 10.4. The molecular weight excluding hydrogens is 613 g/mol. The second-order valence-corrected chi connectivity index (χ2v) is 13.5. The van der Waals surface area contributed by atoms with Crippen LogP contribution in [0.2, 0.25) is 0 Å². The first kappa shape index (κ1) is 32.0. The molecule has 0 unspecified atom stereocenters. The number of hydrogen-bond acceptors (Lipinski definition) is 0. The number of hydrogen-bond donors (Lipinski definition) is 0. The van der Waals surface area contributed by atoms with Crippen molar-refractivity contribution in [3.05, 3.63) is 234 Å². The van der Waals surface area contributed by atoms with Crippen LogP contribution >= 0.6 is 0 Å². The van der Waals surface area contributed by atoms with E-state index in [1.807, 2.05) is 12.2 Å². The van der Waals surface area contributed by atoms with Crippen molar-refractivity contribution in [1.82, 2.24) is 0 Å². The molecule has 0 N–H and O–H groups in total. The first-order valence-corrected chi connectivity index (χ1v) is 17.7. The summed E-state index contributed by atoms with van der Waals surface area (Å²) in [5.74, 6) is 0. The van der Waals surface area contributed by atoms with Gasteiger partial charge in [0.15, 0.2) is 0 Å². The van der Waals surface area contributed by atoms with Gasteiger partial charge in [0.25, 0.3) is 0 Å². The van der Waals surface area contributed by atoms with E-state index in [4.69, 9.17) is 0 Å². The van der Waals surface area contributed by atoms with Gasteiger partial charge >= 0.3 is 0 Å². The van der Waals surface area contributed by atoms with Gasteiger partial charge in [-0.3, -0.25) is 0 Å². The molecule has 0 aliphatic heterocycles. The van der Waals surface area contributed by atoms with Crippen molar-refractivity contribution >= 4 is 5.57 Å². The van der Waals surface area contributed by atoms with Gasteiger partial charge in [0.2, 0.25) is 0 Å². The van der Waals surface area contributed by atoms with Crippen LogP contribution in [0.4, 0.5) is 0 Å². The van der Waals surface area contributed by atoms with Crippen molar-refractivity contribution in [1.29, 1.82) is 0 Å². The smallest absolute Gasteiger partial charge is 0.0725 e. The van der Waals surface area contributed by atoms with Crippen molar-refractivity contribution in [3.63, 3.8) is 0 Å². The Morgan fingerprint density at radius 3 is 1.51 bits per heavy atom. The third kappa shape index (κ3) is 5.41. The van der Waals surface area contributed by atoms with Crippen molar-refractivity contribution in [2.24, 2.45) is 0 Å². The molecule has 7 aromatic carbocycles. The number of rotatable bonds is 5. The number of aryl methyl sites for hydroxylation is 2. The minimum Gasteiger partial charge on any atom is -0.0990 e. The maximum atomic E-state index is 3.86. The number of fused-ring (bicyclic) bond motifs is 10. The Kier molecular flexibility index (Phi) is 8.30. The average molecular weight is 653 g/mol. The van der Waals surface area contributed by atoms with Gasteiger partial charge in [0.1, 0.15) is 0 Å². The van der Waals surface area contributed by atoms with E-state index in [2.05, 4.69) is 191 Å². The van der Waals surface area contributed by atoms with E-state index >= 15 is 0 Å². The lowest BCUT2D eigenvalue weighted by Gasteiger charge is -2.30. The standard InChI is InChI=1S/C32H22.C19H18/c1-21-14-16-22(17-15-21)23-18-19-27-26-10-4-7-13-30(26)32(31(27)20-23)28-11-5-2-8-24(28)25-9-3-6-12-29(25)32;1-4-8-16(5-2)18-11-7-12-19(14-18)17-10-6-9-15(3)13-17/h2-20H,1H3;4-14H,1-2H2,3H3/b;16-8+. The molecule has 0 radical (unpaired) electrons. The van der Waals surface area contributed by atoms with E-state index in [-0.39, 0.29) is 5.41 Å². The predicted octanol–water partition coefficient (Wildman–Crippen LogP) is 13.4. The lowest BCUT2D eigenvalue weighted by atomic mass is 9.70. The second kappa shape index (κ2) is 13.2. The Bertz CT molecular complexity index is 2410. The highest BCUT2D eigenvalue weighted by atomic mass is 14.5. The lowest BCUT2D eigenvalue weighted by Crippen LogP contribution is -2.25. The molecule has 0 aromatic heterocycles. The zero-order chi connectivity index (χ0) is 35.0. The van der Waals surface area contributed by atoms with Crippen LogP contribution in [0.5, 0.6) is 0 Å². The molecule has 9 rings (SSSR count). The lowest BCUT2D eigenvalue weighted by molar-refractivity contribution is 0.794. The summed E-state index contributed by atoms with van der Waals surface area (Å²) >= 11 is 0. The van der Waals surface area contributed by atoms with Crippen LogP contribution in [0.25, 0.3) is 50.1 Å². The van der Waals surface area contributed by atoms with Crippen molar-refractivity contribution < 1.29 is 0 Å². The van der Waals surface area contributed by atoms with Crippen molar-refractivity contribution in [2.45, 2.75) is 19.3 Å². The maximum Gasteiger partial charge on any atom is 0.0725 e. The monoisotopic (exact) mass is 652 g/mol. The predicted molar refractivity (Wildman–Crippen MR) is 218 cm³/mol. The van der Waals surface area contributed by atoms with Gasteiger partial charge in [-0.25, -0.2) is 0 Å².